The largest absolute Gasteiger partial charge is 0.378 e. The lowest BCUT2D eigenvalue weighted by atomic mass is 9.95. The van der Waals surface area contributed by atoms with Crippen LogP contribution in [0.25, 0.3) is 0 Å². The number of nitrogens with zero attached hydrogens (tertiary/aromatic N) is 1. The van der Waals surface area contributed by atoms with E-state index in [0.29, 0.717) is 18.1 Å². The second-order valence-corrected chi connectivity index (χ2v) is 6.23. The lowest BCUT2D eigenvalue weighted by Crippen LogP contribution is -2.44. The summed E-state index contributed by atoms with van der Waals surface area (Å²) in [6.07, 6.45) is 7.06. The monoisotopic (exact) mass is 254 g/mol. The predicted molar refractivity (Wildman–Crippen MR) is 75.9 cm³/mol. The minimum Gasteiger partial charge on any atom is -0.378 e. The van der Waals surface area contributed by atoms with Crippen molar-refractivity contribution >= 4 is 0 Å². The van der Waals surface area contributed by atoms with Crippen molar-refractivity contribution in [3.63, 3.8) is 0 Å². The van der Waals surface area contributed by atoms with Crippen molar-refractivity contribution in [2.24, 2.45) is 5.92 Å². The molecule has 18 heavy (non-hydrogen) atoms. The van der Waals surface area contributed by atoms with E-state index in [9.17, 15) is 0 Å². The Hall–Kier alpha value is -0.120. The third-order valence-electron chi connectivity index (χ3n) is 4.37. The molecule has 2 rings (SSSR count). The summed E-state index contributed by atoms with van der Waals surface area (Å²) in [5.41, 5.74) is 0. The second-order valence-electron chi connectivity index (χ2n) is 6.23. The van der Waals surface area contributed by atoms with Gasteiger partial charge >= 0.3 is 0 Å². The van der Waals surface area contributed by atoms with Crippen LogP contribution >= 0.6 is 0 Å². The quantitative estimate of drug-likeness (QED) is 0.814. The van der Waals surface area contributed by atoms with Crippen LogP contribution < -0.4 is 5.32 Å². The van der Waals surface area contributed by atoms with Crippen LogP contribution in [0.1, 0.15) is 46.0 Å². The van der Waals surface area contributed by atoms with Crippen molar-refractivity contribution in [2.75, 3.05) is 32.8 Å². The first kappa shape index (κ1) is 14.3. The van der Waals surface area contributed by atoms with E-state index in [1.54, 1.807) is 0 Å². The molecule has 0 saturated carbocycles. The van der Waals surface area contributed by atoms with Gasteiger partial charge in [0.1, 0.15) is 0 Å². The van der Waals surface area contributed by atoms with Crippen LogP contribution in [-0.4, -0.2) is 49.8 Å². The highest BCUT2D eigenvalue weighted by Gasteiger charge is 2.24. The molecular weight excluding hydrogens is 224 g/mol. The number of hydrogen-bond acceptors (Lipinski definition) is 3. The highest BCUT2D eigenvalue weighted by Crippen LogP contribution is 2.20. The summed E-state index contributed by atoms with van der Waals surface area (Å²) in [5, 5.41) is 3.73. The Balaban J connectivity index is 1.60. The maximum absolute atomic E-state index is 5.82. The summed E-state index contributed by atoms with van der Waals surface area (Å²) >= 11 is 0. The van der Waals surface area contributed by atoms with Gasteiger partial charge in [-0.1, -0.05) is 20.3 Å². The number of piperidine rings is 1. The number of likely N-dealkylation sites (tertiary alicyclic amines) is 1. The molecule has 2 aliphatic rings. The van der Waals surface area contributed by atoms with Crippen LogP contribution in [0.5, 0.6) is 0 Å². The lowest BCUT2D eigenvalue weighted by Gasteiger charge is -2.33. The first-order chi connectivity index (χ1) is 8.75. The molecule has 2 heterocycles. The highest BCUT2D eigenvalue weighted by molar-refractivity contribution is 4.79. The highest BCUT2D eigenvalue weighted by atomic mass is 16.5. The zero-order chi connectivity index (χ0) is 12.8. The Morgan fingerprint density at radius 1 is 1.22 bits per heavy atom. The van der Waals surface area contributed by atoms with Crippen molar-refractivity contribution < 1.29 is 4.74 Å². The van der Waals surface area contributed by atoms with Gasteiger partial charge in [0.05, 0.1) is 6.10 Å². The number of hydrogen-bond donors (Lipinski definition) is 1. The third-order valence-corrected chi connectivity index (χ3v) is 4.37. The Morgan fingerprint density at radius 2 is 2.00 bits per heavy atom. The summed E-state index contributed by atoms with van der Waals surface area (Å²) in [5.74, 6) is 0.650. The zero-order valence-corrected chi connectivity index (χ0v) is 12.2. The van der Waals surface area contributed by atoms with Crippen LogP contribution in [0, 0.1) is 5.92 Å². The number of rotatable bonds is 5. The molecule has 0 radical (unpaired) electrons. The molecule has 3 nitrogen and oxygen atoms in total. The van der Waals surface area contributed by atoms with Crippen molar-refractivity contribution in [2.45, 2.75) is 58.1 Å². The van der Waals surface area contributed by atoms with Gasteiger partial charge in [-0.25, -0.2) is 0 Å². The van der Waals surface area contributed by atoms with Gasteiger partial charge in [-0.05, 0) is 44.7 Å². The molecule has 0 aromatic carbocycles. The SMILES string of the molecule is CC(C)C1CC(NCCN2CCCCC2)CCO1. The molecule has 3 heteroatoms. The molecule has 1 N–H and O–H groups in total. The van der Waals surface area contributed by atoms with E-state index in [-0.39, 0.29) is 0 Å². The Bertz CT molecular complexity index is 227. The molecule has 0 spiro atoms. The molecule has 0 amide bonds. The number of nitrogens with one attached hydrogen (secondary N) is 1. The summed E-state index contributed by atoms with van der Waals surface area (Å²) in [6.45, 7) is 10.5. The molecule has 0 aromatic rings. The Kier molecular flexibility index (Phi) is 5.93. The smallest absolute Gasteiger partial charge is 0.0612 e. The molecule has 2 atom stereocenters. The van der Waals surface area contributed by atoms with Crippen LogP contribution in [0.2, 0.25) is 0 Å². The van der Waals surface area contributed by atoms with Crippen LogP contribution in [0.4, 0.5) is 0 Å². The predicted octanol–water partition coefficient (Wildman–Crippen LogP) is 2.27. The maximum atomic E-state index is 5.82. The normalized spacial score (nSPS) is 30.8. The van der Waals surface area contributed by atoms with E-state index in [2.05, 4.69) is 24.1 Å². The van der Waals surface area contributed by atoms with Gasteiger partial charge in [0.25, 0.3) is 0 Å². The average Bonchev–Trinajstić information content (AvgIpc) is 2.40. The Labute approximate surface area is 112 Å². The van der Waals surface area contributed by atoms with Crippen molar-refractivity contribution in [1.82, 2.24) is 10.2 Å². The maximum Gasteiger partial charge on any atom is 0.0612 e. The molecular formula is C15H30N2O. The summed E-state index contributed by atoms with van der Waals surface area (Å²) in [7, 11) is 0. The first-order valence-corrected chi connectivity index (χ1v) is 7.83. The van der Waals surface area contributed by atoms with E-state index < -0.39 is 0 Å². The second kappa shape index (κ2) is 7.46. The van der Waals surface area contributed by atoms with Gasteiger partial charge in [-0.2, -0.15) is 0 Å². The molecule has 0 aliphatic carbocycles. The fraction of sp³-hybridized carbons (Fsp3) is 1.00. The van der Waals surface area contributed by atoms with E-state index in [1.807, 2.05) is 0 Å². The third kappa shape index (κ3) is 4.52. The topological polar surface area (TPSA) is 24.5 Å². The van der Waals surface area contributed by atoms with Gasteiger partial charge in [0.15, 0.2) is 0 Å². The molecule has 2 fully saturated rings. The molecule has 0 bridgehead atoms. The van der Waals surface area contributed by atoms with Gasteiger partial charge < -0.3 is 15.0 Å². The van der Waals surface area contributed by atoms with Gasteiger partial charge in [0.2, 0.25) is 0 Å². The van der Waals surface area contributed by atoms with E-state index in [0.717, 1.165) is 13.2 Å². The fourth-order valence-electron chi connectivity index (χ4n) is 3.09. The van der Waals surface area contributed by atoms with Gasteiger partial charge in [0, 0.05) is 25.7 Å². The molecule has 0 aromatic heterocycles. The summed E-state index contributed by atoms with van der Waals surface area (Å²) < 4.78 is 5.82. The van der Waals surface area contributed by atoms with E-state index in [4.69, 9.17) is 4.74 Å². The standard InChI is InChI=1S/C15H30N2O/c1-13(2)15-12-14(6-11-18-15)16-7-10-17-8-4-3-5-9-17/h13-16H,3-12H2,1-2H3. The lowest BCUT2D eigenvalue weighted by molar-refractivity contribution is -0.0245. The molecule has 2 aliphatic heterocycles. The first-order valence-electron chi connectivity index (χ1n) is 7.83. The van der Waals surface area contributed by atoms with Crippen molar-refractivity contribution in [3.05, 3.63) is 0 Å². The minimum atomic E-state index is 0.464. The van der Waals surface area contributed by atoms with Crippen LogP contribution in [0.15, 0.2) is 0 Å². The zero-order valence-electron chi connectivity index (χ0n) is 12.2. The van der Waals surface area contributed by atoms with Crippen LogP contribution in [-0.2, 0) is 4.74 Å². The van der Waals surface area contributed by atoms with E-state index in [1.165, 1.54) is 51.7 Å². The average molecular weight is 254 g/mol. The summed E-state index contributed by atoms with van der Waals surface area (Å²) in [6, 6.07) is 0.677. The Morgan fingerprint density at radius 3 is 2.72 bits per heavy atom. The fourth-order valence-corrected chi connectivity index (χ4v) is 3.09. The van der Waals surface area contributed by atoms with Crippen LogP contribution in [0.3, 0.4) is 0 Å². The van der Waals surface area contributed by atoms with Crippen molar-refractivity contribution in [1.29, 1.82) is 0 Å². The van der Waals surface area contributed by atoms with E-state index >= 15 is 0 Å². The molecule has 2 saturated heterocycles. The number of ether oxygens (including phenoxy) is 1. The van der Waals surface area contributed by atoms with Crippen molar-refractivity contribution in [3.8, 4) is 0 Å². The molecule has 2 unspecified atom stereocenters. The molecule has 106 valence electrons. The van der Waals surface area contributed by atoms with Gasteiger partial charge in [-0.15, -0.1) is 0 Å². The van der Waals surface area contributed by atoms with Gasteiger partial charge in [-0.3, -0.25) is 0 Å². The summed E-state index contributed by atoms with van der Waals surface area (Å²) in [4.78, 5) is 2.61. The minimum absolute atomic E-state index is 0.464.